The van der Waals surface area contributed by atoms with Crippen LogP contribution in [0.1, 0.15) is 38.4 Å². The molecular formula is C12H19FN2O2. The van der Waals surface area contributed by atoms with Crippen molar-refractivity contribution in [3.05, 3.63) is 24.4 Å². The second-order valence-electron chi connectivity index (χ2n) is 4.56. The summed E-state index contributed by atoms with van der Waals surface area (Å²) in [4.78, 5) is 3.99. The van der Waals surface area contributed by atoms with Gasteiger partial charge in [0.25, 0.3) is 5.89 Å². The third kappa shape index (κ3) is 4.26. The molecule has 5 heteroatoms. The van der Waals surface area contributed by atoms with E-state index in [4.69, 9.17) is 9.63 Å². The molecule has 0 radical (unpaired) electrons. The number of rotatable bonds is 7. The van der Waals surface area contributed by atoms with E-state index in [2.05, 4.69) is 16.7 Å². The summed E-state index contributed by atoms with van der Waals surface area (Å²) in [6.45, 7) is 6.49. The van der Waals surface area contributed by atoms with Crippen molar-refractivity contribution in [2.75, 3.05) is 6.61 Å². The van der Waals surface area contributed by atoms with E-state index in [0.29, 0.717) is 12.2 Å². The van der Waals surface area contributed by atoms with Gasteiger partial charge in [0.15, 0.2) is 11.5 Å². The van der Waals surface area contributed by atoms with Crippen molar-refractivity contribution in [3.8, 4) is 0 Å². The van der Waals surface area contributed by atoms with Gasteiger partial charge < -0.3 is 9.63 Å². The van der Waals surface area contributed by atoms with Crippen LogP contribution >= 0.6 is 0 Å². The van der Waals surface area contributed by atoms with Gasteiger partial charge in [-0.05, 0) is 32.6 Å². The van der Waals surface area contributed by atoms with E-state index < -0.39 is 5.67 Å². The number of aliphatic hydroxyl groups is 1. The van der Waals surface area contributed by atoms with Crippen molar-refractivity contribution < 1.29 is 14.0 Å². The van der Waals surface area contributed by atoms with Crippen molar-refractivity contribution >= 4 is 0 Å². The Bertz CT molecular complexity index is 358. The minimum atomic E-state index is -1.60. The van der Waals surface area contributed by atoms with E-state index in [0.717, 1.165) is 12.8 Å². The first kappa shape index (κ1) is 13.8. The number of aliphatic hydroxyl groups excluding tert-OH is 1. The zero-order chi connectivity index (χ0) is 12.9. The van der Waals surface area contributed by atoms with E-state index >= 15 is 0 Å². The van der Waals surface area contributed by atoms with Gasteiger partial charge in [0.05, 0.1) is 0 Å². The highest BCUT2D eigenvalue weighted by molar-refractivity contribution is 4.95. The van der Waals surface area contributed by atoms with E-state index in [1.165, 1.54) is 13.8 Å². The molecule has 0 spiro atoms. The first-order valence-electron chi connectivity index (χ1n) is 5.72. The minimum absolute atomic E-state index is 0.00919. The quantitative estimate of drug-likeness (QED) is 0.746. The molecule has 1 aromatic rings. The van der Waals surface area contributed by atoms with Crippen LogP contribution in [-0.4, -0.2) is 21.9 Å². The van der Waals surface area contributed by atoms with Crippen molar-refractivity contribution in [1.82, 2.24) is 10.1 Å². The summed E-state index contributed by atoms with van der Waals surface area (Å²) in [6.07, 6.45) is 3.96. The fourth-order valence-corrected chi connectivity index (χ4v) is 1.40. The molecule has 0 saturated carbocycles. The van der Waals surface area contributed by atoms with Gasteiger partial charge in [0.1, 0.15) is 0 Å². The Morgan fingerprint density at radius 3 is 2.76 bits per heavy atom. The Kier molecular flexibility index (Phi) is 4.81. The number of hydrogen-bond acceptors (Lipinski definition) is 4. The zero-order valence-corrected chi connectivity index (χ0v) is 10.3. The molecule has 0 amide bonds. The molecule has 0 fully saturated rings. The SMILES string of the molecule is C=CC(CO)CCCc1noc(C(C)(C)F)n1. The van der Waals surface area contributed by atoms with Gasteiger partial charge in [0.2, 0.25) is 0 Å². The minimum Gasteiger partial charge on any atom is -0.396 e. The van der Waals surface area contributed by atoms with Gasteiger partial charge in [0, 0.05) is 13.0 Å². The van der Waals surface area contributed by atoms with Crippen molar-refractivity contribution in [1.29, 1.82) is 0 Å². The standard InChI is InChI=1S/C12H19FN2O2/c1-4-9(8-16)6-5-7-10-14-11(17-15-10)12(2,3)13/h4,9,16H,1,5-8H2,2-3H3. The molecule has 0 saturated heterocycles. The average Bonchev–Trinajstić information content (AvgIpc) is 2.73. The fraction of sp³-hybridized carbons (Fsp3) is 0.667. The molecule has 1 unspecified atom stereocenters. The maximum Gasteiger partial charge on any atom is 0.263 e. The van der Waals surface area contributed by atoms with Crippen LogP contribution < -0.4 is 0 Å². The third-order valence-electron chi connectivity index (χ3n) is 2.52. The Labute approximate surface area is 101 Å². The number of alkyl halides is 1. The average molecular weight is 242 g/mol. The molecule has 1 aromatic heterocycles. The van der Waals surface area contributed by atoms with Crippen LogP contribution in [0.25, 0.3) is 0 Å². The van der Waals surface area contributed by atoms with Crippen LogP contribution in [0.2, 0.25) is 0 Å². The lowest BCUT2D eigenvalue weighted by atomic mass is 10.0. The lowest BCUT2D eigenvalue weighted by Gasteiger charge is -2.06. The van der Waals surface area contributed by atoms with E-state index in [9.17, 15) is 4.39 Å². The molecule has 0 bridgehead atoms. The molecule has 0 aliphatic carbocycles. The summed E-state index contributed by atoms with van der Waals surface area (Å²) in [5.74, 6) is 0.611. The van der Waals surface area contributed by atoms with Crippen LogP contribution in [0.4, 0.5) is 4.39 Å². The van der Waals surface area contributed by atoms with Crippen LogP contribution in [0.3, 0.4) is 0 Å². The van der Waals surface area contributed by atoms with E-state index in [1.54, 1.807) is 6.08 Å². The number of aromatic nitrogens is 2. The van der Waals surface area contributed by atoms with Gasteiger partial charge in [-0.25, -0.2) is 4.39 Å². The Balaban J connectivity index is 2.43. The molecule has 0 aromatic carbocycles. The Hall–Kier alpha value is -1.23. The fourth-order valence-electron chi connectivity index (χ4n) is 1.40. The predicted molar refractivity (Wildman–Crippen MR) is 62.1 cm³/mol. The molecule has 1 atom stereocenters. The molecular weight excluding hydrogens is 223 g/mol. The lowest BCUT2D eigenvalue weighted by Crippen LogP contribution is -2.09. The van der Waals surface area contributed by atoms with Gasteiger partial charge >= 0.3 is 0 Å². The summed E-state index contributed by atoms with van der Waals surface area (Å²) in [7, 11) is 0. The monoisotopic (exact) mass is 242 g/mol. The maximum atomic E-state index is 13.5. The van der Waals surface area contributed by atoms with Crippen LogP contribution in [0.15, 0.2) is 17.2 Å². The number of nitrogens with zero attached hydrogens (tertiary/aromatic N) is 2. The lowest BCUT2D eigenvalue weighted by molar-refractivity contribution is 0.155. The largest absolute Gasteiger partial charge is 0.396 e. The van der Waals surface area contributed by atoms with E-state index in [-0.39, 0.29) is 18.4 Å². The number of hydrogen-bond donors (Lipinski definition) is 1. The summed E-state index contributed by atoms with van der Waals surface area (Å²) in [5, 5.41) is 12.7. The van der Waals surface area contributed by atoms with Crippen molar-refractivity contribution in [2.45, 2.75) is 38.8 Å². The maximum absolute atomic E-state index is 13.5. The molecule has 1 N–H and O–H groups in total. The van der Waals surface area contributed by atoms with Gasteiger partial charge in [-0.1, -0.05) is 11.2 Å². The highest BCUT2D eigenvalue weighted by Gasteiger charge is 2.26. The summed E-state index contributed by atoms with van der Waals surface area (Å²) < 4.78 is 18.3. The summed E-state index contributed by atoms with van der Waals surface area (Å²) in [5.41, 5.74) is -1.60. The predicted octanol–water partition coefficient (Wildman–Crippen LogP) is 2.39. The van der Waals surface area contributed by atoms with Crippen LogP contribution in [0.5, 0.6) is 0 Å². The van der Waals surface area contributed by atoms with Crippen LogP contribution in [-0.2, 0) is 12.1 Å². The Morgan fingerprint density at radius 1 is 1.59 bits per heavy atom. The first-order valence-corrected chi connectivity index (χ1v) is 5.72. The number of aryl methyl sites for hydroxylation is 1. The normalized spacial score (nSPS) is 13.6. The molecule has 0 aliphatic heterocycles. The van der Waals surface area contributed by atoms with Crippen LogP contribution in [0, 0.1) is 5.92 Å². The highest BCUT2D eigenvalue weighted by atomic mass is 19.1. The van der Waals surface area contributed by atoms with Gasteiger partial charge in [-0.3, -0.25) is 0 Å². The topological polar surface area (TPSA) is 59.2 Å². The first-order chi connectivity index (χ1) is 7.97. The smallest absolute Gasteiger partial charge is 0.263 e. The molecule has 1 rings (SSSR count). The number of halogens is 1. The second kappa shape index (κ2) is 5.91. The zero-order valence-electron chi connectivity index (χ0n) is 10.3. The molecule has 0 aliphatic rings. The molecule has 17 heavy (non-hydrogen) atoms. The van der Waals surface area contributed by atoms with Gasteiger partial charge in [-0.15, -0.1) is 6.58 Å². The van der Waals surface area contributed by atoms with E-state index in [1.807, 2.05) is 0 Å². The molecule has 1 heterocycles. The summed E-state index contributed by atoms with van der Waals surface area (Å²) >= 11 is 0. The van der Waals surface area contributed by atoms with Crippen molar-refractivity contribution in [2.24, 2.45) is 5.92 Å². The van der Waals surface area contributed by atoms with Gasteiger partial charge in [-0.2, -0.15) is 4.98 Å². The Morgan fingerprint density at radius 2 is 2.29 bits per heavy atom. The third-order valence-corrected chi connectivity index (χ3v) is 2.52. The summed E-state index contributed by atoms with van der Waals surface area (Å²) in [6, 6.07) is 0. The molecule has 4 nitrogen and oxygen atoms in total. The van der Waals surface area contributed by atoms with Crippen molar-refractivity contribution in [3.63, 3.8) is 0 Å². The second-order valence-corrected chi connectivity index (χ2v) is 4.56. The molecule has 96 valence electrons. The highest BCUT2D eigenvalue weighted by Crippen LogP contribution is 2.22.